The lowest BCUT2D eigenvalue weighted by molar-refractivity contribution is -0.143. The second-order valence-corrected chi connectivity index (χ2v) is 6.29. The first-order chi connectivity index (χ1) is 8.03. The Balaban J connectivity index is 2.14. The lowest BCUT2D eigenvalue weighted by Crippen LogP contribution is -2.41. The molecular formula is C11H19NO4S. The first kappa shape index (κ1) is 14.2. The summed E-state index contributed by atoms with van der Waals surface area (Å²) < 4.78 is 27.4. The summed E-state index contributed by atoms with van der Waals surface area (Å²) in [6.45, 7) is 3.86. The summed E-state index contributed by atoms with van der Waals surface area (Å²) in [5.74, 6) is 0.173. The number of rotatable bonds is 5. The fourth-order valence-corrected chi connectivity index (χ4v) is 2.81. The molecule has 0 unspecified atom stereocenters. The van der Waals surface area contributed by atoms with Gasteiger partial charge in [-0.25, -0.2) is 8.42 Å². The van der Waals surface area contributed by atoms with Crippen LogP contribution in [-0.2, 0) is 19.4 Å². The van der Waals surface area contributed by atoms with Gasteiger partial charge in [0.05, 0.1) is 17.9 Å². The third-order valence-corrected chi connectivity index (χ3v) is 4.24. The van der Waals surface area contributed by atoms with Crippen LogP contribution in [0.1, 0.15) is 13.3 Å². The number of esters is 1. The van der Waals surface area contributed by atoms with E-state index in [1.54, 1.807) is 12.2 Å². The first-order valence-corrected chi connectivity index (χ1v) is 7.55. The number of nitrogens with zero attached hydrogens (tertiary/aromatic N) is 1. The van der Waals surface area contributed by atoms with E-state index in [0.29, 0.717) is 32.7 Å². The molecule has 1 rings (SSSR count). The Morgan fingerprint density at radius 3 is 2.59 bits per heavy atom. The van der Waals surface area contributed by atoms with Gasteiger partial charge in [0.15, 0.2) is 9.84 Å². The average Bonchev–Trinajstić information content (AvgIpc) is 2.29. The van der Waals surface area contributed by atoms with Gasteiger partial charge in [-0.1, -0.05) is 12.2 Å². The molecule has 0 amide bonds. The van der Waals surface area contributed by atoms with E-state index in [1.807, 2.05) is 11.8 Å². The highest BCUT2D eigenvalue weighted by Gasteiger charge is 2.21. The number of carbonyl (C=O) groups is 1. The molecular weight excluding hydrogens is 242 g/mol. The molecule has 1 aliphatic rings. The quantitative estimate of drug-likeness (QED) is 0.523. The van der Waals surface area contributed by atoms with Gasteiger partial charge in [-0.15, -0.1) is 0 Å². The van der Waals surface area contributed by atoms with Gasteiger partial charge in [0.1, 0.15) is 6.61 Å². The minimum atomic E-state index is -2.83. The highest BCUT2D eigenvalue weighted by Crippen LogP contribution is 2.03. The SMILES string of the molecule is C/C=C/CC(=O)OCCN1CCS(=O)(=O)CC1. The third-order valence-electron chi connectivity index (χ3n) is 2.63. The highest BCUT2D eigenvalue weighted by atomic mass is 32.2. The van der Waals surface area contributed by atoms with E-state index in [0.717, 1.165) is 0 Å². The standard InChI is InChI=1S/C11H19NO4S/c1-2-3-4-11(13)16-8-5-12-6-9-17(14,15)10-7-12/h2-3H,4-10H2,1H3/b3-2+. The number of hydrogen-bond donors (Lipinski definition) is 0. The summed E-state index contributed by atoms with van der Waals surface area (Å²) in [5, 5.41) is 0. The fraction of sp³-hybridized carbons (Fsp3) is 0.727. The molecule has 0 bridgehead atoms. The van der Waals surface area contributed by atoms with Crippen molar-refractivity contribution in [2.45, 2.75) is 13.3 Å². The van der Waals surface area contributed by atoms with Gasteiger partial charge < -0.3 is 4.74 Å². The number of sulfone groups is 1. The molecule has 0 aromatic heterocycles. The van der Waals surface area contributed by atoms with E-state index >= 15 is 0 Å². The molecule has 0 aromatic rings. The second-order valence-electron chi connectivity index (χ2n) is 3.99. The Hall–Kier alpha value is -0.880. The van der Waals surface area contributed by atoms with Crippen LogP contribution in [0.5, 0.6) is 0 Å². The molecule has 0 aliphatic carbocycles. The Kier molecular flexibility index (Phi) is 5.64. The summed E-state index contributed by atoms with van der Waals surface area (Å²) in [6.07, 6.45) is 3.84. The predicted octanol–water partition coefficient (Wildman–Crippen LogP) is 0.226. The van der Waals surface area contributed by atoms with Crippen molar-refractivity contribution in [1.29, 1.82) is 0 Å². The molecule has 6 heteroatoms. The number of hydrogen-bond acceptors (Lipinski definition) is 5. The molecule has 0 aromatic carbocycles. The van der Waals surface area contributed by atoms with E-state index < -0.39 is 9.84 Å². The zero-order valence-electron chi connectivity index (χ0n) is 10.1. The number of carbonyl (C=O) groups excluding carboxylic acids is 1. The minimum Gasteiger partial charge on any atom is -0.464 e. The average molecular weight is 261 g/mol. The minimum absolute atomic E-state index is 0.208. The zero-order valence-corrected chi connectivity index (χ0v) is 10.9. The van der Waals surface area contributed by atoms with E-state index in [2.05, 4.69) is 0 Å². The van der Waals surface area contributed by atoms with Crippen LogP contribution in [0.4, 0.5) is 0 Å². The number of allylic oxidation sites excluding steroid dienone is 1. The molecule has 0 N–H and O–H groups in total. The largest absolute Gasteiger partial charge is 0.464 e. The van der Waals surface area contributed by atoms with Crippen molar-refractivity contribution in [2.75, 3.05) is 37.7 Å². The molecule has 1 fully saturated rings. The van der Waals surface area contributed by atoms with Gasteiger partial charge in [-0.2, -0.15) is 0 Å². The normalized spacial score (nSPS) is 20.5. The van der Waals surface area contributed by atoms with Gasteiger partial charge in [0.25, 0.3) is 0 Å². The Labute approximate surface area is 102 Å². The molecule has 1 aliphatic heterocycles. The maximum absolute atomic E-state index is 11.2. The summed E-state index contributed by atoms with van der Waals surface area (Å²) in [4.78, 5) is 13.2. The van der Waals surface area contributed by atoms with Crippen LogP contribution in [0.2, 0.25) is 0 Å². The van der Waals surface area contributed by atoms with Crippen molar-refractivity contribution in [2.24, 2.45) is 0 Å². The summed E-state index contributed by atoms with van der Waals surface area (Å²) in [6, 6.07) is 0. The molecule has 1 saturated heterocycles. The number of ether oxygens (including phenoxy) is 1. The van der Waals surface area contributed by atoms with Gasteiger partial charge >= 0.3 is 5.97 Å². The summed E-state index contributed by atoms with van der Waals surface area (Å²) in [7, 11) is -2.83. The van der Waals surface area contributed by atoms with Crippen LogP contribution >= 0.6 is 0 Å². The van der Waals surface area contributed by atoms with E-state index in [9.17, 15) is 13.2 Å². The lowest BCUT2D eigenvalue weighted by atomic mass is 10.4. The molecule has 0 spiro atoms. The van der Waals surface area contributed by atoms with Gasteiger partial charge in [0.2, 0.25) is 0 Å². The zero-order chi connectivity index (χ0) is 12.7. The molecule has 0 radical (unpaired) electrons. The maximum atomic E-state index is 11.2. The first-order valence-electron chi connectivity index (χ1n) is 5.73. The highest BCUT2D eigenvalue weighted by molar-refractivity contribution is 7.91. The smallest absolute Gasteiger partial charge is 0.309 e. The summed E-state index contributed by atoms with van der Waals surface area (Å²) in [5.41, 5.74) is 0. The topological polar surface area (TPSA) is 63.7 Å². The Morgan fingerprint density at radius 2 is 2.00 bits per heavy atom. The Bertz CT molecular complexity index is 361. The van der Waals surface area contributed by atoms with E-state index in [1.165, 1.54) is 0 Å². The third kappa shape index (κ3) is 5.83. The summed E-state index contributed by atoms with van der Waals surface area (Å²) >= 11 is 0. The van der Waals surface area contributed by atoms with Crippen LogP contribution in [0.25, 0.3) is 0 Å². The fourth-order valence-electron chi connectivity index (χ4n) is 1.54. The molecule has 98 valence electrons. The van der Waals surface area contributed by atoms with Crippen LogP contribution in [-0.4, -0.2) is 57.0 Å². The van der Waals surface area contributed by atoms with Crippen molar-refractivity contribution in [3.05, 3.63) is 12.2 Å². The van der Waals surface area contributed by atoms with Gasteiger partial charge in [-0.3, -0.25) is 9.69 Å². The lowest BCUT2D eigenvalue weighted by Gasteiger charge is -2.25. The van der Waals surface area contributed by atoms with E-state index in [-0.39, 0.29) is 17.5 Å². The van der Waals surface area contributed by atoms with Crippen LogP contribution in [0, 0.1) is 0 Å². The van der Waals surface area contributed by atoms with Gasteiger partial charge in [-0.05, 0) is 6.92 Å². The monoisotopic (exact) mass is 261 g/mol. The van der Waals surface area contributed by atoms with Crippen molar-refractivity contribution in [1.82, 2.24) is 4.90 Å². The van der Waals surface area contributed by atoms with Gasteiger partial charge in [0, 0.05) is 19.6 Å². The van der Waals surface area contributed by atoms with Crippen LogP contribution < -0.4 is 0 Å². The molecule has 0 saturated carbocycles. The van der Waals surface area contributed by atoms with E-state index in [4.69, 9.17) is 4.74 Å². The van der Waals surface area contributed by atoms with Crippen molar-refractivity contribution in [3.8, 4) is 0 Å². The molecule has 17 heavy (non-hydrogen) atoms. The van der Waals surface area contributed by atoms with Crippen LogP contribution in [0.3, 0.4) is 0 Å². The van der Waals surface area contributed by atoms with Crippen molar-refractivity contribution < 1.29 is 17.9 Å². The van der Waals surface area contributed by atoms with Crippen molar-refractivity contribution >= 4 is 15.8 Å². The molecule has 5 nitrogen and oxygen atoms in total. The van der Waals surface area contributed by atoms with Crippen molar-refractivity contribution in [3.63, 3.8) is 0 Å². The Morgan fingerprint density at radius 1 is 1.35 bits per heavy atom. The predicted molar refractivity (Wildman–Crippen MR) is 65.5 cm³/mol. The molecule has 1 heterocycles. The maximum Gasteiger partial charge on any atom is 0.309 e. The van der Waals surface area contributed by atoms with Crippen LogP contribution in [0.15, 0.2) is 12.2 Å². The molecule has 0 atom stereocenters. The second kappa shape index (κ2) is 6.76.